The highest BCUT2D eigenvalue weighted by Gasteiger charge is 2.30. The van der Waals surface area contributed by atoms with Gasteiger partial charge in [0.1, 0.15) is 17.1 Å². The summed E-state index contributed by atoms with van der Waals surface area (Å²) in [7, 11) is 2.99. The molecular formula is C14H17F3N4O. The van der Waals surface area contributed by atoms with Gasteiger partial charge in [0.2, 0.25) is 0 Å². The van der Waals surface area contributed by atoms with Crippen LogP contribution in [0.15, 0.2) is 24.3 Å². The number of nitrogens with zero attached hydrogens (tertiary/aromatic N) is 2. The quantitative estimate of drug-likeness (QED) is 0.895. The SMILES string of the molecule is C.CNC(=O)c1c(-c2ccc(C(F)(F)F)cc2)nn(C)c1N. The summed E-state index contributed by atoms with van der Waals surface area (Å²) in [4.78, 5) is 11.8. The fourth-order valence-electron chi connectivity index (χ4n) is 1.90. The van der Waals surface area contributed by atoms with E-state index in [4.69, 9.17) is 5.73 Å². The Hall–Kier alpha value is -2.51. The number of alkyl halides is 3. The van der Waals surface area contributed by atoms with Crippen molar-refractivity contribution in [1.82, 2.24) is 15.1 Å². The van der Waals surface area contributed by atoms with E-state index in [2.05, 4.69) is 10.4 Å². The molecule has 1 aromatic heterocycles. The van der Waals surface area contributed by atoms with E-state index in [-0.39, 0.29) is 24.5 Å². The molecule has 2 rings (SSSR count). The number of rotatable bonds is 2. The molecule has 0 bridgehead atoms. The third-order valence-electron chi connectivity index (χ3n) is 3.03. The number of benzene rings is 1. The van der Waals surface area contributed by atoms with Gasteiger partial charge in [-0.2, -0.15) is 18.3 Å². The Balaban J connectivity index is 0.00000242. The second-order valence-electron chi connectivity index (χ2n) is 4.39. The molecule has 120 valence electrons. The molecule has 3 N–H and O–H groups in total. The first-order valence-electron chi connectivity index (χ1n) is 5.98. The van der Waals surface area contributed by atoms with E-state index in [1.807, 2.05) is 0 Å². The number of hydrogen-bond donors (Lipinski definition) is 2. The Morgan fingerprint density at radius 1 is 1.27 bits per heavy atom. The largest absolute Gasteiger partial charge is 0.416 e. The second-order valence-corrected chi connectivity index (χ2v) is 4.39. The van der Waals surface area contributed by atoms with Crippen LogP contribution in [-0.4, -0.2) is 22.7 Å². The summed E-state index contributed by atoms with van der Waals surface area (Å²) in [5, 5.41) is 6.52. The maximum Gasteiger partial charge on any atom is 0.416 e. The van der Waals surface area contributed by atoms with Crippen LogP contribution < -0.4 is 11.1 Å². The lowest BCUT2D eigenvalue weighted by Gasteiger charge is -2.07. The molecule has 0 aliphatic rings. The van der Waals surface area contributed by atoms with Crippen molar-refractivity contribution in [2.45, 2.75) is 13.6 Å². The van der Waals surface area contributed by atoms with Crippen LogP contribution in [0.25, 0.3) is 11.3 Å². The minimum absolute atomic E-state index is 0. The van der Waals surface area contributed by atoms with Crippen LogP contribution in [0.4, 0.5) is 19.0 Å². The summed E-state index contributed by atoms with van der Waals surface area (Å²) < 4.78 is 38.9. The number of carbonyl (C=O) groups excluding carboxylic acids is 1. The maximum atomic E-state index is 12.5. The zero-order valence-corrected chi connectivity index (χ0v) is 11.3. The van der Waals surface area contributed by atoms with Crippen LogP contribution >= 0.6 is 0 Å². The molecule has 0 spiro atoms. The van der Waals surface area contributed by atoms with Crippen molar-refractivity contribution in [2.75, 3.05) is 12.8 Å². The van der Waals surface area contributed by atoms with Crippen LogP contribution in [0.3, 0.4) is 0 Å². The third kappa shape index (κ3) is 3.05. The van der Waals surface area contributed by atoms with Gasteiger partial charge < -0.3 is 11.1 Å². The molecule has 0 unspecified atom stereocenters. The van der Waals surface area contributed by atoms with Gasteiger partial charge >= 0.3 is 6.18 Å². The minimum Gasteiger partial charge on any atom is -0.383 e. The number of halogens is 3. The molecular weight excluding hydrogens is 297 g/mol. The molecule has 0 atom stereocenters. The van der Waals surface area contributed by atoms with E-state index in [1.54, 1.807) is 7.05 Å². The number of amides is 1. The van der Waals surface area contributed by atoms with E-state index < -0.39 is 17.6 Å². The smallest absolute Gasteiger partial charge is 0.383 e. The van der Waals surface area contributed by atoms with Crippen LogP contribution in [0, 0.1) is 0 Å². The van der Waals surface area contributed by atoms with E-state index in [1.165, 1.54) is 23.9 Å². The first-order chi connectivity index (χ1) is 9.75. The molecule has 2 aromatic rings. The Morgan fingerprint density at radius 2 is 1.82 bits per heavy atom. The monoisotopic (exact) mass is 314 g/mol. The lowest BCUT2D eigenvalue weighted by molar-refractivity contribution is -0.137. The molecule has 22 heavy (non-hydrogen) atoms. The predicted molar refractivity (Wildman–Crippen MR) is 78.2 cm³/mol. The molecule has 0 aliphatic heterocycles. The van der Waals surface area contributed by atoms with Gasteiger partial charge in [0.05, 0.1) is 5.56 Å². The van der Waals surface area contributed by atoms with Gasteiger partial charge in [0.25, 0.3) is 5.91 Å². The molecule has 1 amide bonds. The predicted octanol–water partition coefficient (Wildman–Crippen LogP) is 2.68. The third-order valence-corrected chi connectivity index (χ3v) is 3.03. The molecule has 0 fully saturated rings. The average Bonchev–Trinajstić information content (AvgIpc) is 2.73. The highest BCUT2D eigenvalue weighted by molar-refractivity contribution is 6.04. The van der Waals surface area contributed by atoms with Crippen LogP contribution in [-0.2, 0) is 13.2 Å². The van der Waals surface area contributed by atoms with Crippen LogP contribution in [0.1, 0.15) is 23.3 Å². The van der Waals surface area contributed by atoms with Crippen molar-refractivity contribution in [2.24, 2.45) is 7.05 Å². The molecule has 0 saturated carbocycles. The zero-order chi connectivity index (χ0) is 15.8. The standard InChI is InChI=1S/C13H13F3N4O.CH4/c1-18-12(21)9-10(19-20(2)11(9)17)7-3-5-8(6-4-7)13(14,15)16;/h3-6H,17H2,1-2H3,(H,18,21);1H4. The number of nitrogens with one attached hydrogen (secondary N) is 1. The lowest BCUT2D eigenvalue weighted by Crippen LogP contribution is -2.19. The second kappa shape index (κ2) is 6.08. The highest BCUT2D eigenvalue weighted by Crippen LogP contribution is 2.32. The van der Waals surface area contributed by atoms with Gasteiger partial charge in [-0.15, -0.1) is 0 Å². The summed E-state index contributed by atoms with van der Waals surface area (Å²) in [6.07, 6.45) is -4.41. The number of nitrogens with two attached hydrogens (primary N) is 1. The fourth-order valence-corrected chi connectivity index (χ4v) is 1.90. The van der Waals surface area contributed by atoms with Gasteiger partial charge in [0.15, 0.2) is 0 Å². The van der Waals surface area contributed by atoms with Gasteiger partial charge in [-0.05, 0) is 12.1 Å². The number of anilines is 1. The van der Waals surface area contributed by atoms with E-state index in [9.17, 15) is 18.0 Å². The van der Waals surface area contributed by atoms with Crippen LogP contribution in [0.5, 0.6) is 0 Å². The summed E-state index contributed by atoms with van der Waals surface area (Å²) in [6, 6.07) is 4.40. The average molecular weight is 314 g/mol. The first-order valence-corrected chi connectivity index (χ1v) is 5.98. The number of hydrogen-bond acceptors (Lipinski definition) is 3. The lowest BCUT2D eigenvalue weighted by atomic mass is 10.0. The molecule has 1 heterocycles. The van der Waals surface area contributed by atoms with Gasteiger partial charge in [-0.25, -0.2) is 0 Å². The van der Waals surface area contributed by atoms with Crippen molar-refractivity contribution in [3.8, 4) is 11.3 Å². The number of carbonyl (C=O) groups is 1. The molecule has 0 radical (unpaired) electrons. The number of nitrogen functional groups attached to an aromatic ring is 1. The van der Waals surface area contributed by atoms with Gasteiger partial charge in [0, 0.05) is 19.7 Å². The van der Waals surface area contributed by atoms with Crippen molar-refractivity contribution in [1.29, 1.82) is 0 Å². The first kappa shape index (κ1) is 17.5. The minimum atomic E-state index is -4.41. The van der Waals surface area contributed by atoms with Crippen molar-refractivity contribution >= 4 is 11.7 Å². The summed E-state index contributed by atoms with van der Waals surface area (Å²) in [5.41, 5.74) is 5.77. The Labute approximate surface area is 125 Å². The summed E-state index contributed by atoms with van der Waals surface area (Å²) in [6.45, 7) is 0. The number of aryl methyl sites for hydroxylation is 1. The van der Waals surface area contributed by atoms with E-state index in [0.29, 0.717) is 5.56 Å². The summed E-state index contributed by atoms with van der Waals surface area (Å²) in [5.74, 6) is -0.306. The Kier molecular flexibility index (Phi) is 4.85. The molecule has 0 saturated heterocycles. The fraction of sp³-hybridized carbons (Fsp3) is 0.286. The van der Waals surface area contributed by atoms with Crippen molar-refractivity contribution in [3.63, 3.8) is 0 Å². The zero-order valence-electron chi connectivity index (χ0n) is 11.3. The van der Waals surface area contributed by atoms with Crippen molar-refractivity contribution in [3.05, 3.63) is 35.4 Å². The highest BCUT2D eigenvalue weighted by atomic mass is 19.4. The maximum absolute atomic E-state index is 12.5. The van der Waals surface area contributed by atoms with E-state index >= 15 is 0 Å². The van der Waals surface area contributed by atoms with Gasteiger partial charge in [-0.3, -0.25) is 9.48 Å². The molecule has 8 heteroatoms. The Morgan fingerprint density at radius 3 is 2.27 bits per heavy atom. The molecule has 0 aliphatic carbocycles. The number of aromatic nitrogens is 2. The molecule has 5 nitrogen and oxygen atoms in total. The normalized spacial score (nSPS) is 11.0. The topological polar surface area (TPSA) is 72.9 Å². The van der Waals surface area contributed by atoms with Crippen molar-refractivity contribution < 1.29 is 18.0 Å². The van der Waals surface area contributed by atoms with E-state index in [0.717, 1.165) is 12.1 Å². The summed E-state index contributed by atoms with van der Waals surface area (Å²) >= 11 is 0. The van der Waals surface area contributed by atoms with Crippen LogP contribution in [0.2, 0.25) is 0 Å². The molecule has 1 aromatic carbocycles. The van der Waals surface area contributed by atoms with Gasteiger partial charge in [-0.1, -0.05) is 19.6 Å². The Bertz CT molecular complexity index is 675.